The number of benzene rings is 2. The van der Waals surface area contributed by atoms with Crippen molar-refractivity contribution in [2.75, 3.05) is 0 Å². The van der Waals surface area contributed by atoms with E-state index in [9.17, 15) is 4.79 Å². The van der Waals surface area contributed by atoms with Gasteiger partial charge in [-0.05, 0) is 34.7 Å². The molecule has 118 valence electrons. The van der Waals surface area contributed by atoms with E-state index >= 15 is 0 Å². The van der Waals surface area contributed by atoms with Gasteiger partial charge in [0.15, 0.2) is 0 Å². The van der Waals surface area contributed by atoms with Gasteiger partial charge in [0.05, 0.1) is 11.6 Å². The standard InChI is InChI=1S/C19H19ClN2O/c1-12(2)13-3-5-14(6-4-13)17-11-18(21-22-19(17)23)15-7-9-16(20)10-8-15/h3-10,12,17H,11H2,1-2H3,(H,22,23)/t17-/m1/s1. The van der Waals surface area contributed by atoms with E-state index in [-0.39, 0.29) is 11.8 Å². The molecule has 1 heterocycles. The first-order valence-corrected chi connectivity index (χ1v) is 8.14. The molecule has 1 amide bonds. The van der Waals surface area contributed by atoms with Crippen LogP contribution < -0.4 is 5.43 Å². The molecular formula is C19H19ClN2O. The molecule has 0 aliphatic carbocycles. The third kappa shape index (κ3) is 3.45. The maximum absolute atomic E-state index is 12.2. The van der Waals surface area contributed by atoms with Gasteiger partial charge in [0, 0.05) is 11.4 Å². The van der Waals surface area contributed by atoms with Crippen molar-refractivity contribution in [1.82, 2.24) is 5.43 Å². The maximum atomic E-state index is 12.2. The van der Waals surface area contributed by atoms with Crippen LogP contribution in [0.4, 0.5) is 0 Å². The van der Waals surface area contributed by atoms with Gasteiger partial charge in [0.25, 0.3) is 0 Å². The summed E-state index contributed by atoms with van der Waals surface area (Å²) in [5.41, 5.74) is 6.80. The summed E-state index contributed by atoms with van der Waals surface area (Å²) in [7, 11) is 0. The van der Waals surface area contributed by atoms with E-state index in [4.69, 9.17) is 11.6 Å². The second-order valence-electron chi connectivity index (χ2n) is 6.12. The number of hydrazone groups is 1. The summed E-state index contributed by atoms with van der Waals surface area (Å²) >= 11 is 5.93. The molecule has 1 N–H and O–H groups in total. The zero-order valence-corrected chi connectivity index (χ0v) is 14.0. The quantitative estimate of drug-likeness (QED) is 0.888. The number of rotatable bonds is 3. The van der Waals surface area contributed by atoms with Gasteiger partial charge in [0.2, 0.25) is 5.91 Å². The minimum Gasteiger partial charge on any atom is -0.272 e. The van der Waals surface area contributed by atoms with Crippen LogP contribution in [-0.4, -0.2) is 11.6 Å². The van der Waals surface area contributed by atoms with E-state index in [1.54, 1.807) is 0 Å². The summed E-state index contributed by atoms with van der Waals surface area (Å²) in [6, 6.07) is 15.8. The fourth-order valence-electron chi connectivity index (χ4n) is 2.74. The van der Waals surface area contributed by atoms with Crippen molar-refractivity contribution in [3.8, 4) is 0 Å². The van der Waals surface area contributed by atoms with Crippen LogP contribution >= 0.6 is 11.6 Å². The Morgan fingerprint density at radius 2 is 1.74 bits per heavy atom. The smallest absolute Gasteiger partial charge is 0.248 e. The number of nitrogens with one attached hydrogen (secondary N) is 1. The highest BCUT2D eigenvalue weighted by Crippen LogP contribution is 2.27. The van der Waals surface area contributed by atoms with Gasteiger partial charge in [-0.1, -0.05) is 61.8 Å². The SMILES string of the molecule is CC(C)c1ccc([C@H]2CC(c3ccc(Cl)cc3)=NNC2=O)cc1. The molecular weight excluding hydrogens is 308 g/mol. The predicted octanol–water partition coefficient (Wildman–Crippen LogP) is 4.47. The highest BCUT2D eigenvalue weighted by molar-refractivity contribution is 6.30. The minimum absolute atomic E-state index is 0.0555. The third-order valence-electron chi connectivity index (χ3n) is 4.20. The molecule has 0 saturated heterocycles. The molecule has 2 aromatic carbocycles. The Morgan fingerprint density at radius 3 is 2.35 bits per heavy atom. The van der Waals surface area contributed by atoms with Crippen molar-refractivity contribution in [2.24, 2.45) is 5.10 Å². The number of carbonyl (C=O) groups is 1. The van der Waals surface area contributed by atoms with Gasteiger partial charge >= 0.3 is 0 Å². The van der Waals surface area contributed by atoms with Crippen LogP contribution in [0.1, 0.15) is 48.8 Å². The zero-order valence-electron chi connectivity index (χ0n) is 13.2. The van der Waals surface area contributed by atoms with Crippen molar-refractivity contribution in [3.63, 3.8) is 0 Å². The molecule has 3 nitrogen and oxygen atoms in total. The average molecular weight is 327 g/mol. The van der Waals surface area contributed by atoms with Crippen molar-refractivity contribution in [2.45, 2.75) is 32.1 Å². The number of hydrogen-bond donors (Lipinski definition) is 1. The van der Waals surface area contributed by atoms with Crippen LogP contribution in [0.15, 0.2) is 53.6 Å². The number of nitrogens with zero attached hydrogens (tertiary/aromatic N) is 1. The minimum atomic E-state index is -0.209. The Hall–Kier alpha value is -2.13. The fourth-order valence-corrected chi connectivity index (χ4v) is 2.87. The maximum Gasteiger partial charge on any atom is 0.248 e. The van der Waals surface area contributed by atoms with Crippen LogP contribution in [0.3, 0.4) is 0 Å². The van der Waals surface area contributed by atoms with Gasteiger partial charge in [0.1, 0.15) is 0 Å². The lowest BCUT2D eigenvalue weighted by Crippen LogP contribution is -2.33. The third-order valence-corrected chi connectivity index (χ3v) is 4.45. The summed E-state index contributed by atoms with van der Waals surface area (Å²) in [5.74, 6) is 0.217. The molecule has 1 aliphatic heterocycles. The van der Waals surface area contributed by atoms with Crippen LogP contribution in [-0.2, 0) is 4.79 Å². The summed E-state index contributed by atoms with van der Waals surface area (Å²) < 4.78 is 0. The van der Waals surface area contributed by atoms with E-state index in [1.165, 1.54) is 5.56 Å². The van der Waals surface area contributed by atoms with E-state index in [1.807, 2.05) is 36.4 Å². The monoisotopic (exact) mass is 326 g/mol. The molecule has 0 bridgehead atoms. The van der Waals surface area contributed by atoms with Crippen LogP contribution in [0.2, 0.25) is 5.02 Å². The molecule has 1 atom stereocenters. The molecule has 0 fully saturated rings. The molecule has 0 saturated carbocycles. The number of halogens is 1. The van der Waals surface area contributed by atoms with Crippen molar-refractivity contribution < 1.29 is 4.79 Å². The number of hydrogen-bond acceptors (Lipinski definition) is 2. The summed E-state index contributed by atoms with van der Waals surface area (Å²) in [4.78, 5) is 12.2. The van der Waals surface area contributed by atoms with E-state index in [2.05, 4.69) is 36.5 Å². The Morgan fingerprint density at radius 1 is 1.09 bits per heavy atom. The van der Waals surface area contributed by atoms with Gasteiger partial charge in [-0.2, -0.15) is 5.10 Å². The second kappa shape index (κ2) is 6.55. The van der Waals surface area contributed by atoms with E-state index < -0.39 is 0 Å². The molecule has 4 heteroatoms. The van der Waals surface area contributed by atoms with Crippen LogP contribution in [0.5, 0.6) is 0 Å². The van der Waals surface area contributed by atoms with Gasteiger partial charge < -0.3 is 0 Å². The lowest BCUT2D eigenvalue weighted by atomic mass is 9.88. The first kappa shape index (κ1) is 15.8. The van der Waals surface area contributed by atoms with Crippen molar-refractivity contribution in [3.05, 3.63) is 70.2 Å². The molecule has 0 radical (unpaired) electrons. The predicted molar refractivity (Wildman–Crippen MR) is 94.0 cm³/mol. The largest absolute Gasteiger partial charge is 0.272 e. The molecule has 3 rings (SSSR count). The average Bonchev–Trinajstić information content (AvgIpc) is 2.56. The molecule has 0 spiro atoms. The summed E-state index contributed by atoms with van der Waals surface area (Å²) in [6.07, 6.45) is 0.592. The Labute approximate surface area is 141 Å². The van der Waals surface area contributed by atoms with Gasteiger partial charge in [-0.15, -0.1) is 0 Å². The summed E-state index contributed by atoms with van der Waals surface area (Å²) in [6.45, 7) is 4.32. The Balaban J connectivity index is 1.84. The lowest BCUT2D eigenvalue weighted by molar-refractivity contribution is -0.122. The number of amides is 1. The fraction of sp³-hybridized carbons (Fsp3) is 0.263. The van der Waals surface area contributed by atoms with Crippen LogP contribution in [0.25, 0.3) is 0 Å². The molecule has 2 aromatic rings. The van der Waals surface area contributed by atoms with Crippen LogP contribution in [0, 0.1) is 0 Å². The highest BCUT2D eigenvalue weighted by atomic mass is 35.5. The first-order valence-electron chi connectivity index (χ1n) is 7.77. The number of carbonyl (C=O) groups excluding carboxylic acids is 1. The van der Waals surface area contributed by atoms with E-state index in [0.717, 1.165) is 16.8 Å². The molecule has 23 heavy (non-hydrogen) atoms. The molecule has 0 aromatic heterocycles. The summed E-state index contributed by atoms with van der Waals surface area (Å²) in [5, 5.41) is 4.90. The van der Waals surface area contributed by atoms with Crippen molar-refractivity contribution in [1.29, 1.82) is 0 Å². The second-order valence-corrected chi connectivity index (χ2v) is 6.56. The first-order chi connectivity index (χ1) is 11.0. The lowest BCUT2D eigenvalue weighted by Gasteiger charge is -2.22. The Kier molecular flexibility index (Phi) is 4.49. The van der Waals surface area contributed by atoms with E-state index in [0.29, 0.717) is 17.4 Å². The molecule has 0 unspecified atom stereocenters. The highest BCUT2D eigenvalue weighted by Gasteiger charge is 2.27. The van der Waals surface area contributed by atoms with Gasteiger partial charge in [-0.25, -0.2) is 5.43 Å². The van der Waals surface area contributed by atoms with Gasteiger partial charge in [-0.3, -0.25) is 4.79 Å². The normalized spacial score (nSPS) is 17.8. The zero-order chi connectivity index (χ0) is 16.4. The molecule has 1 aliphatic rings. The Bertz CT molecular complexity index is 733. The topological polar surface area (TPSA) is 41.5 Å². The van der Waals surface area contributed by atoms with Crippen molar-refractivity contribution >= 4 is 23.2 Å².